The summed E-state index contributed by atoms with van der Waals surface area (Å²) in [5.74, 6) is 1.19. The predicted octanol–water partition coefficient (Wildman–Crippen LogP) is 2.41. The van der Waals surface area contributed by atoms with Gasteiger partial charge >= 0.3 is 0 Å². The summed E-state index contributed by atoms with van der Waals surface area (Å²) < 4.78 is 1.76. The Kier molecular flexibility index (Phi) is 3.13. The summed E-state index contributed by atoms with van der Waals surface area (Å²) >= 11 is 12.1. The van der Waals surface area contributed by atoms with E-state index in [0.717, 1.165) is 0 Å². The molecule has 1 aromatic carbocycles. The molecule has 5 nitrogen and oxygen atoms in total. The lowest BCUT2D eigenvalue weighted by atomic mass is 10.1. The standard InChI is InChI=1S/C10H11Cl2N5/c1-14-10-16-15-9(17(10)2)7-5(11)3-4-6(12)8(7)13/h3-4H,13H2,1-2H3,(H,14,16). The Labute approximate surface area is 109 Å². The van der Waals surface area contributed by atoms with Crippen molar-refractivity contribution in [2.75, 3.05) is 18.1 Å². The van der Waals surface area contributed by atoms with E-state index < -0.39 is 0 Å². The first-order valence-corrected chi connectivity index (χ1v) is 5.62. The molecule has 0 spiro atoms. The lowest BCUT2D eigenvalue weighted by molar-refractivity contribution is 0.925. The van der Waals surface area contributed by atoms with Crippen molar-refractivity contribution in [2.45, 2.75) is 0 Å². The second-order valence-corrected chi connectivity index (χ2v) is 4.29. The Balaban J connectivity index is 2.68. The van der Waals surface area contributed by atoms with E-state index >= 15 is 0 Å². The van der Waals surface area contributed by atoms with Crippen molar-refractivity contribution in [2.24, 2.45) is 7.05 Å². The smallest absolute Gasteiger partial charge is 0.224 e. The monoisotopic (exact) mass is 271 g/mol. The van der Waals surface area contributed by atoms with Crippen molar-refractivity contribution in [1.29, 1.82) is 0 Å². The molecule has 0 saturated carbocycles. The van der Waals surface area contributed by atoms with Gasteiger partial charge in [0.05, 0.1) is 21.3 Å². The molecule has 1 heterocycles. The molecule has 0 aliphatic heterocycles. The fourth-order valence-corrected chi connectivity index (χ4v) is 1.97. The maximum atomic E-state index is 6.12. The molecule has 0 unspecified atom stereocenters. The topological polar surface area (TPSA) is 68.8 Å². The van der Waals surface area contributed by atoms with Gasteiger partial charge in [-0.1, -0.05) is 23.2 Å². The molecule has 2 aromatic rings. The van der Waals surface area contributed by atoms with E-state index in [1.54, 1.807) is 23.7 Å². The molecule has 0 amide bonds. The van der Waals surface area contributed by atoms with E-state index in [1.807, 2.05) is 7.05 Å². The molecule has 7 heteroatoms. The van der Waals surface area contributed by atoms with Crippen LogP contribution in [0.2, 0.25) is 10.0 Å². The molecule has 0 fully saturated rings. The zero-order chi connectivity index (χ0) is 12.6. The van der Waals surface area contributed by atoms with Crippen LogP contribution in [0.4, 0.5) is 11.6 Å². The zero-order valence-electron chi connectivity index (χ0n) is 9.33. The van der Waals surface area contributed by atoms with Gasteiger partial charge in [0.1, 0.15) is 0 Å². The second-order valence-electron chi connectivity index (χ2n) is 3.47. The summed E-state index contributed by atoms with van der Waals surface area (Å²) in [6.07, 6.45) is 0. The Hall–Kier alpha value is -1.46. The molecule has 0 atom stereocenters. The highest BCUT2D eigenvalue weighted by Crippen LogP contribution is 2.36. The first-order valence-electron chi connectivity index (χ1n) is 4.87. The van der Waals surface area contributed by atoms with E-state index in [-0.39, 0.29) is 0 Å². The van der Waals surface area contributed by atoms with E-state index in [0.29, 0.717) is 33.1 Å². The maximum Gasteiger partial charge on any atom is 0.224 e. The van der Waals surface area contributed by atoms with Crippen molar-refractivity contribution >= 4 is 34.8 Å². The number of rotatable bonds is 2. The molecule has 0 radical (unpaired) electrons. The van der Waals surface area contributed by atoms with Gasteiger partial charge in [-0.05, 0) is 12.1 Å². The third kappa shape index (κ3) is 1.92. The molecule has 17 heavy (non-hydrogen) atoms. The average Bonchev–Trinajstić information content (AvgIpc) is 2.66. The number of hydrogen-bond acceptors (Lipinski definition) is 4. The van der Waals surface area contributed by atoms with E-state index in [1.165, 1.54) is 0 Å². The second kappa shape index (κ2) is 4.43. The summed E-state index contributed by atoms with van der Waals surface area (Å²) in [6, 6.07) is 3.33. The molecule has 90 valence electrons. The fourth-order valence-electron chi connectivity index (χ4n) is 1.56. The summed E-state index contributed by atoms with van der Waals surface area (Å²) in [5, 5.41) is 11.9. The van der Waals surface area contributed by atoms with E-state index in [9.17, 15) is 0 Å². The number of halogens is 2. The van der Waals surface area contributed by atoms with Gasteiger partial charge in [0.15, 0.2) is 5.82 Å². The molecule has 1 aromatic heterocycles. The van der Waals surface area contributed by atoms with Gasteiger partial charge < -0.3 is 11.1 Å². The molecular weight excluding hydrogens is 261 g/mol. The molecule has 0 bridgehead atoms. The van der Waals surface area contributed by atoms with Gasteiger partial charge in [-0.15, -0.1) is 10.2 Å². The Morgan fingerprint density at radius 1 is 1.24 bits per heavy atom. The third-order valence-electron chi connectivity index (χ3n) is 2.46. The van der Waals surface area contributed by atoms with Gasteiger partial charge in [0, 0.05) is 14.1 Å². The van der Waals surface area contributed by atoms with Gasteiger partial charge in [-0.3, -0.25) is 4.57 Å². The van der Waals surface area contributed by atoms with Crippen LogP contribution in [0.5, 0.6) is 0 Å². The minimum atomic E-state index is 0.400. The zero-order valence-corrected chi connectivity index (χ0v) is 10.8. The lowest BCUT2D eigenvalue weighted by Crippen LogP contribution is -2.02. The Morgan fingerprint density at radius 2 is 1.88 bits per heavy atom. The number of benzene rings is 1. The van der Waals surface area contributed by atoms with Crippen LogP contribution in [0.1, 0.15) is 0 Å². The van der Waals surface area contributed by atoms with Crippen LogP contribution in [0.15, 0.2) is 12.1 Å². The van der Waals surface area contributed by atoms with Gasteiger partial charge in [-0.25, -0.2) is 0 Å². The average molecular weight is 272 g/mol. The van der Waals surface area contributed by atoms with Crippen LogP contribution < -0.4 is 11.1 Å². The van der Waals surface area contributed by atoms with Crippen LogP contribution >= 0.6 is 23.2 Å². The van der Waals surface area contributed by atoms with Crippen LogP contribution in [-0.4, -0.2) is 21.8 Å². The minimum absolute atomic E-state index is 0.400. The van der Waals surface area contributed by atoms with Gasteiger partial charge in [0.25, 0.3) is 0 Å². The third-order valence-corrected chi connectivity index (χ3v) is 3.11. The lowest BCUT2D eigenvalue weighted by Gasteiger charge is -2.09. The molecule has 0 aliphatic carbocycles. The largest absolute Gasteiger partial charge is 0.397 e. The minimum Gasteiger partial charge on any atom is -0.397 e. The number of nitrogens with one attached hydrogen (secondary N) is 1. The van der Waals surface area contributed by atoms with Crippen LogP contribution in [0.3, 0.4) is 0 Å². The normalized spacial score (nSPS) is 10.6. The van der Waals surface area contributed by atoms with Crippen molar-refractivity contribution in [3.8, 4) is 11.4 Å². The number of aromatic nitrogens is 3. The highest BCUT2D eigenvalue weighted by molar-refractivity contribution is 6.37. The van der Waals surface area contributed by atoms with Gasteiger partial charge in [-0.2, -0.15) is 0 Å². The highest BCUT2D eigenvalue weighted by atomic mass is 35.5. The van der Waals surface area contributed by atoms with Crippen LogP contribution in [-0.2, 0) is 7.05 Å². The number of anilines is 2. The number of nitrogens with zero attached hydrogens (tertiary/aromatic N) is 3. The predicted molar refractivity (Wildman–Crippen MR) is 70.4 cm³/mol. The summed E-state index contributed by atoms with van der Waals surface area (Å²) in [7, 11) is 3.58. The van der Waals surface area contributed by atoms with E-state index in [2.05, 4.69) is 15.5 Å². The first-order chi connectivity index (χ1) is 8.06. The number of nitrogen functional groups attached to an aromatic ring is 1. The summed E-state index contributed by atoms with van der Waals surface area (Å²) in [4.78, 5) is 0. The van der Waals surface area contributed by atoms with Crippen molar-refractivity contribution in [1.82, 2.24) is 14.8 Å². The summed E-state index contributed by atoms with van der Waals surface area (Å²) in [6.45, 7) is 0. The molecule has 0 aliphatic rings. The molecular formula is C10H11Cl2N5. The Bertz CT molecular complexity index is 564. The number of nitrogens with two attached hydrogens (primary N) is 1. The highest BCUT2D eigenvalue weighted by Gasteiger charge is 2.17. The molecule has 3 N–H and O–H groups in total. The van der Waals surface area contributed by atoms with Crippen molar-refractivity contribution in [3.05, 3.63) is 22.2 Å². The summed E-state index contributed by atoms with van der Waals surface area (Å²) in [5.41, 5.74) is 6.91. The Morgan fingerprint density at radius 3 is 2.47 bits per heavy atom. The maximum absolute atomic E-state index is 6.12. The first kappa shape index (κ1) is 12.0. The number of hydrogen-bond donors (Lipinski definition) is 2. The van der Waals surface area contributed by atoms with E-state index in [4.69, 9.17) is 28.9 Å². The van der Waals surface area contributed by atoms with Crippen molar-refractivity contribution < 1.29 is 0 Å². The fraction of sp³-hybridized carbons (Fsp3) is 0.200. The quantitative estimate of drug-likeness (QED) is 0.824. The van der Waals surface area contributed by atoms with Crippen LogP contribution in [0, 0.1) is 0 Å². The molecule has 2 rings (SSSR count). The van der Waals surface area contributed by atoms with Crippen LogP contribution in [0.25, 0.3) is 11.4 Å². The van der Waals surface area contributed by atoms with Crippen molar-refractivity contribution in [3.63, 3.8) is 0 Å². The molecule has 0 saturated heterocycles. The van der Waals surface area contributed by atoms with Gasteiger partial charge in [0.2, 0.25) is 5.95 Å². The SMILES string of the molecule is CNc1nnc(-c2c(Cl)ccc(Cl)c2N)n1C.